The van der Waals surface area contributed by atoms with Crippen molar-refractivity contribution in [2.45, 2.75) is 82.1 Å². The molecule has 4 fully saturated rings. The fourth-order valence-corrected chi connectivity index (χ4v) is 11.0. The molecule has 23 heteroatoms. The fourth-order valence-electron chi connectivity index (χ4n) is 11.0. The Bertz CT molecular complexity index is 2970. The minimum atomic E-state index is -4.87. The van der Waals surface area contributed by atoms with Crippen molar-refractivity contribution < 1.29 is 60.3 Å². The van der Waals surface area contributed by atoms with Crippen molar-refractivity contribution in [2.75, 3.05) is 57.3 Å². The molecule has 9 amide bonds. The van der Waals surface area contributed by atoms with E-state index in [0.717, 1.165) is 62.1 Å². The molecule has 74 heavy (non-hydrogen) atoms. The number of aromatic nitrogens is 2. The van der Waals surface area contributed by atoms with Crippen LogP contribution in [-0.4, -0.2) is 152 Å². The van der Waals surface area contributed by atoms with Crippen molar-refractivity contribution in [3.8, 4) is 11.1 Å². The van der Waals surface area contributed by atoms with Crippen molar-refractivity contribution in [2.24, 2.45) is 5.92 Å². The molecule has 1 spiro atoms. The summed E-state index contributed by atoms with van der Waals surface area (Å²) in [6, 6.07) is 9.81. The van der Waals surface area contributed by atoms with Gasteiger partial charge in [0.15, 0.2) is 0 Å². The molecule has 18 nitrogen and oxygen atoms in total. The van der Waals surface area contributed by atoms with Gasteiger partial charge in [0.1, 0.15) is 42.7 Å². The summed E-state index contributed by atoms with van der Waals surface area (Å²) in [4.78, 5) is 113. The number of nitrogens with zero attached hydrogens (tertiary/aromatic N) is 8. The van der Waals surface area contributed by atoms with Gasteiger partial charge >= 0.3 is 12.2 Å². The summed E-state index contributed by atoms with van der Waals surface area (Å²) in [6.07, 6.45) is -2.19. The number of piperidine rings is 2. The van der Waals surface area contributed by atoms with Crippen molar-refractivity contribution in [1.82, 2.24) is 44.9 Å². The largest absolute Gasteiger partial charge is 0.408 e. The molecule has 1 unspecified atom stereocenters. The molecule has 5 aliphatic heterocycles. The van der Waals surface area contributed by atoms with Gasteiger partial charge in [-0.15, -0.1) is 0 Å². The molecule has 1 aliphatic carbocycles. The molecule has 1 aromatic heterocycles. The van der Waals surface area contributed by atoms with Crippen LogP contribution in [0.25, 0.3) is 11.1 Å². The van der Waals surface area contributed by atoms with Gasteiger partial charge in [-0.05, 0) is 90.8 Å². The molecule has 4 saturated heterocycles. The van der Waals surface area contributed by atoms with Crippen molar-refractivity contribution in [1.29, 1.82) is 0 Å². The molecule has 6 aliphatic rings. The standard InChI is InChI=1S/C51H51F5N10O8/c1-29(51(54,55)56)64(25-30-2-5-34(52)6-3-30)44(69)28-65-48(73)50(59-49(65)74)22-40(53)38-20-32(4-9-39(38)50)33-23-57-63(26-33)27-43(68)62-14-12-31(13-15-62)24-60-16-18-61(19-17-60)35-7-8-36-37(21-35)47(72)66(46(36)71)41-10-11-42(67)58-45(41)70/h2-9,20-21,23,26,29,31,40-41H,10-19,22,24-25,27-28H2,1H3,(H,59,74)(H,58,67,70)/t29-,40+,41?,50-/m0/s1. The number of rotatable bonds is 12. The van der Waals surface area contributed by atoms with Gasteiger partial charge in [-0.3, -0.25) is 58.3 Å². The van der Waals surface area contributed by atoms with E-state index >= 15 is 4.39 Å². The van der Waals surface area contributed by atoms with E-state index in [4.69, 9.17) is 0 Å². The van der Waals surface area contributed by atoms with Gasteiger partial charge in [0, 0.05) is 82.6 Å². The summed E-state index contributed by atoms with van der Waals surface area (Å²) < 4.78 is 72.7. The van der Waals surface area contributed by atoms with Crippen LogP contribution in [0.4, 0.5) is 32.4 Å². The number of hydrogen-bond donors (Lipinski definition) is 2. The Morgan fingerprint density at radius 3 is 2.27 bits per heavy atom. The highest BCUT2D eigenvalue weighted by Gasteiger charge is 2.59. The first-order valence-electron chi connectivity index (χ1n) is 24.4. The Hall–Kier alpha value is -7.56. The zero-order valence-electron chi connectivity index (χ0n) is 40.1. The maximum atomic E-state index is 15.9. The van der Waals surface area contributed by atoms with E-state index in [1.54, 1.807) is 24.4 Å². The Morgan fingerprint density at radius 2 is 1.57 bits per heavy atom. The number of benzene rings is 3. The zero-order valence-corrected chi connectivity index (χ0v) is 40.1. The molecule has 0 saturated carbocycles. The second-order valence-electron chi connectivity index (χ2n) is 19.8. The molecule has 388 valence electrons. The van der Waals surface area contributed by atoms with Crippen LogP contribution in [0.5, 0.6) is 0 Å². The number of nitrogens with one attached hydrogen (secondary N) is 2. The van der Waals surface area contributed by atoms with Crippen LogP contribution in [-0.2, 0) is 42.6 Å². The summed E-state index contributed by atoms with van der Waals surface area (Å²) in [5.74, 6) is -4.74. The van der Waals surface area contributed by atoms with E-state index in [1.807, 2.05) is 11.0 Å². The lowest BCUT2D eigenvalue weighted by Gasteiger charge is -2.39. The number of anilines is 1. The first kappa shape index (κ1) is 50.0. The molecule has 0 bridgehead atoms. The van der Waals surface area contributed by atoms with Crippen LogP contribution in [0.15, 0.2) is 73.1 Å². The molecule has 3 aromatic carbocycles. The normalized spacial score (nSPS) is 22.9. The lowest BCUT2D eigenvalue weighted by atomic mass is 9.90. The maximum absolute atomic E-state index is 15.9. The summed E-state index contributed by atoms with van der Waals surface area (Å²) in [7, 11) is 0. The number of alkyl halides is 4. The highest BCUT2D eigenvalue weighted by atomic mass is 19.4. The SMILES string of the molecule is C[C@H](N(Cc1ccc(F)cc1)C(=O)CN1C(=O)N[C@]2(C[C@@H](F)c3cc(-c4cnn(CC(=O)N5CCC(CN6CCN(c7ccc8c(c7)C(=O)N(C7CCC(=O)NC7=O)C8=O)CC6)CC5)c4)ccc32)C1=O)C(F)(F)F. The quantitative estimate of drug-likeness (QED) is 0.117. The molecular weight excluding hydrogens is 976 g/mol. The van der Waals surface area contributed by atoms with Crippen molar-refractivity contribution in [3.63, 3.8) is 0 Å². The highest BCUT2D eigenvalue weighted by molar-refractivity contribution is 6.23. The first-order chi connectivity index (χ1) is 35.3. The third kappa shape index (κ3) is 9.36. The Balaban J connectivity index is 0.704. The smallest absolute Gasteiger partial charge is 0.369 e. The third-order valence-electron chi connectivity index (χ3n) is 15.2. The first-order valence-corrected chi connectivity index (χ1v) is 24.4. The van der Waals surface area contributed by atoms with Crippen LogP contribution in [0, 0.1) is 11.7 Å². The maximum Gasteiger partial charge on any atom is 0.408 e. The van der Waals surface area contributed by atoms with Gasteiger partial charge < -0.3 is 20.0 Å². The number of likely N-dealkylation sites (tertiary alicyclic amines) is 1. The molecule has 10 rings (SSSR count). The molecule has 6 heterocycles. The van der Waals surface area contributed by atoms with E-state index in [0.29, 0.717) is 53.0 Å². The van der Waals surface area contributed by atoms with Gasteiger partial charge in [-0.1, -0.05) is 24.3 Å². The Labute approximate surface area is 420 Å². The number of hydrogen-bond acceptors (Lipinski definition) is 11. The van der Waals surface area contributed by atoms with Crippen LogP contribution in [0.1, 0.15) is 82.6 Å². The van der Waals surface area contributed by atoms with E-state index < -0.39 is 96.8 Å². The van der Waals surface area contributed by atoms with Gasteiger partial charge in [-0.2, -0.15) is 18.3 Å². The van der Waals surface area contributed by atoms with Crippen LogP contribution in [0.2, 0.25) is 0 Å². The van der Waals surface area contributed by atoms with Gasteiger partial charge in [-0.25, -0.2) is 13.6 Å². The van der Waals surface area contributed by atoms with Crippen molar-refractivity contribution in [3.05, 3.63) is 107 Å². The number of amides is 9. The van der Waals surface area contributed by atoms with Gasteiger partial charge in [0.25, 0.3) is 17.7 Å². The third-order valence-corrected chi connectivity index (χ3v) is 15.2. The monoisotopic (exact) mass is 1030 g/mol. The molecule has 4 aromatic rings. The van der Waals surface area contributed by atoms with E-state index in [-0.39, 0.29) is 53.1 Å². The van der Waals surface area contributed by atoms with Crippen LogP contribution >= 0.6 is 0 Å². The highest BCUT2D eigenvalue weighted by Crippen LogP contribution is 2.49. The number of urea groups is 1. The predicted molar refractivity (Wildman–Crippen MR) is 252 cm³/mol. The number of carbonyl (C=O) groups is 8. The summed E-state index contributed by atoms with van der Waals surface area (Å²) in [5.41, 5.74) is 0.855. The lowest BCUT2D eigenvalue weighted by Crippen LogP contribution is -2.54. The Kier molecular flexibility index (Phi) is 13.1. The van der Waals surface area contributed by atoms with E-state index in [9.17, 15) is 55.9 Å². The average molecular weight is 1030 g/mol. The average Bonchev–Trinajstić information content (AvgIpc) is 4.09. The minimum Gasteiger partial charge on any atom is -0.369 e. The summed E-state index contributed by atoms with van der Waals surface area (Å²) in [5, 5.41) is 9.10. The fraction of sp³-hybridized carbons (Fsp3) is 0.431. The summed E-state index contributed by atoms with van der Waals surface area (Å²) >= 11 is 0. The number of piperazine rings is 1. The van der Waals surface area contributed by atoms with Gasteiger partial charge in [0.2, 0.25) is 23.6 Å². The predicted octanol–water partition coefficient (Wildman–Crippen LogP) is 4.29. The van der Waals surface area contributed by atoms with E-state index in [1.165, 1.54) is 35.1 Å². The minimum absolute atomic E-state index is 0.0397. The number of fused-ring (bicyclic) bond motifs is 3. The number of imide groups is 3. The number of carbonyl (C=O) groups excluding carboxylic acids is 8. The van der Waals surface area contributed by atoms with Crippen molar-refractivity contribution >= 4 is 53.1 Å². The van der Waals surface area contributed by atoms with E-state index in [2.05, 4.69) is 25.5 Å². The van der Waals surface area contributed by atoms with Crippen LogP contribution < -0.4 is 15.5 Å². The molecule has 0 radical (unpaired) electrons. The van der Waals surface area contributed by atoms with Crippen LogP contribution in [0.3, 0.4) is 0 Å². The molecular formula is C51H51F5N10O8. The number of halogens is 5. The zero-order chi connectivity index (χ0) is 52.4. The second-order valence-corrected chi connectivity index (χ2v) is 19.8. The molecule has 4 atom stereocenters. The lowest BCUT2D eigenvalue weighted by molar-refractivity contribution is -0.187. The Morgan fingerprint density at radius 1 is 0.851 bits per heavy atom. The molecule has 2 N–H and O–H groups in total. The summed E-state index contributed by atoms with van der Waals surface area (Å²) in [6.45, 7) is 4.02. The second kappa shape index (κ2) is 19.4. The van der Waals surface area contributed by atoms with Gasteiger partial charge in [0.05, 0.1) is 17.3 Å². The topological polar surface area (TPSA) is 198 Å².